The molecule has 2 fully saturated rings. The Hall–Kier alpha value is -1.37. The topological polar surface area (TPSA) is 78.6 Å². The van der Waals surface area contributed by atoms with Gasteiger partial charge in [-0.1, -0.05) is 25.4 Å². The van der Waals surface area contributed by atoms with Crippen LogP contribution in [-0.4, -0.2) is 41.8 Å². The normalized spacial score (nSPS) is 31.7. The molecule has 4 N–H and O–H groups in total. The number of benzene rings is 1. The molecule has 1 aliphatic carbocycles. The summed E-state index contributed by atoms with van der Waals surface area (Å²) in [5.41, 5.74) is 5.28. The third kappa shape index (κ3) is 2.66. The van der Waals surface area contributed by atoms with Crippen LogP contribution in [0.4, 0.5) is 10.1 Å². The number of nitrogens with one attached hydrogen (secondary N) is 1. The van der Waals surface area contributed by atoms with E-state index < -0.39 is 22.9 Å². The Kier molecular flexibility index (Phi) is 4.26. The fourth-order valence-electron chi connectivity index (χ4n) is 3.48. The van der Waals surface area contributed by atoms with Gasteiger partial charge in [0.15, 0.2) is 0 Å². The second kappa shape index (κ2) is 5.86. The first kappa shape index (κ1) is 17.5. The van der Waals surface area contributed by atoms with E-state index in [4.69, 9.17) is 17.3 Å². The lowest BCUT2D eigenvalue weighted by atomic mass is 9.54. The summed E-state index contributed by atoms with van der Waals surface area (Å²) in [4.78, 5) is 14.6. The van der Waals surface area contributed by atoms with Crippen LogP contribution in [0.25, 0.3) is 0 Å². The van der Waals surface area contributed by atoms with Gasteiger partial charge in [0, 0.05) is 36.7 Å². The summed E-state index contributed by atoms with van der Waals surface area (Å²) in [7, 11) is 0. The lowest BCUT2D eigenvalue weighted by Crippen LogP contribution is -2.75. The summed E-state index contributed by atoms with van der Waals surface area (Å²) in [6, 6.07) is 4.66. The maximum absolute atomic E-state index is 13.6. The van der Waals surface area contributed by atoms with Gasteiger partial charge in [0.1, 0.15) is 11.4 Å². The predicted molar refractivity (Wildman–Crippen MR) is 91.5 cm³/mol. The molecule has 0 bridgehead atoms. The van der Waals surface area contributed by atoms with Crippen LogP contribution in [0.2, 0.25) is 5.02 Å². The molecular weight excluding hydrogens is 333 g/mol. The fourth-order valence-corrected chi connectivity index (χ4v) is 3.60. The minimum Gasteiger partial charge on any atom is -0.392 e. The highest BCUT2D eigenvalue weighted by Gasteiger charge is 2.62. The second-order valence-corrected chi connectivity index (χ2v) is 7.82. The van der Waals surface area contributed by atoms with Crippen molar-refractivity contribution < 1.29 is 14.3 Å². The molecular formula is C17H23ClFN3O2. The zero-order valence-electron chi connectivity index (χ0n) is 13.9. The predicted octanol–water partition coefficient (Wildman–Crippen LogP) is 1.66. The van der Waals surface area contributed by atoms with E-state index in [1.165, 1.54) is 12.1 Å². The van der Waals surface area contributed by atoms with E-state index in [9.17, 15) is 14.3 Å². The average Bonchev–Trinajstić information content (AvgIpc) is 2.98. The largest absolute Gasteiger partial charge is 0.392 e. The molecule has 3 atom stereocenters. The van der Waals surface area contributed by atoms with Crippen LogP contribution in [0.5, 0.6) is 0 Å². The average molecular weight is 356 g/mol. The van der Waals surface area contributed by atoms with Crippen molar-refractivity contribution >= 4 is 23.2 Å². The van der Waals surface area contributed by atoms with E-state index in [-0.39, 0.29) is 23.4 Å². The molecule has 1 saturated carbocycles. The number of nitrogens with zero attached hydrogens (tertiary/aromatic N) is 1. The quantitative estimate of drug-likeness (QED) is 0.770. The fraction of sp³-hybridized carbons (Fsp3) is 0.588. The van der Waals surface area contributed by atoms with Gasteiger partial charge in [0.25, 0.3) is 0 Å². The molecule has 1 amide bonds. The number of rotatable bonds is 3. The Morgan fingerprint density at radius 1 is 1.50 bits per heavy atom. The van der Waals surface area contributed by atoms with Crippen molar-refractivity contribution in [2.75, 3.05) is 18.0 Å². The first-order valence-corrected chi connectivity index (χ1v) is 8.51. The van der Waals surface area contributed by atoms with Crippen molar-refractivity contribution in [2.45, 2.75) is 44.4 Å². The molecule has 1 aromatic carbocycles. The Balaban J connectivity index is 1.62. The van der Waals surface area contributed by atoms with Crippen molar-refractivity contribution in [3.8, 4) is 0 Å². The van der Waals surface area contributed by atoms with Crippen LogP contribution in [0.3, 0.4) is 0 Å². The number of halogens is 2. The standard InChI is InChI=1S/C17H23ClFN3O2/c1-16(2)14(23)8-17(16,20)15(24)21-10-5-6-22(9-10)11-3-4-12(18)13(19)7-11/h3-4,7,10,14,23H,5-6,8-9,20H2,1-2H3,(H,21,24)/t10?,14-,17-/m0/s1. The van der Waals surface area contributed by atoms with Gasteiger partial charge in [-0.05, 0) is 24.6 Å². The monoisotopic (exact) mass is 355 g/mol. The molecule has 132 valence electrons. The molecule has 0 radical (unpaired) electrons. The molecule has 1 unspecified atom stereocenters. The first-order chi connectivity index (χ1) is 11.1. The molecule has 1 saturated heterocycles. The zero-order valence-corrected chi connectivity index (χ0v) is 14.6. The van der Waals surface area contributed by atoms with Crippen LogP contribution in [0.15, 0.2) is 18.2 Å². The van der Waals surface area contributed by atoms with Crippen LogP contribution in [-0.2, 0) is 4.79 Å². The zero-order chi connectivity index (χ0) is 17.7. The molecule has 1 aliphatic heterocycles. The molecule has 5 nitrogen and oxygen atoms in total. The van der Waals surface area contributed by atoms with Crippen LogP contribution in [0, 0.1) is 11.2 Å². The van der Waals surface area contributed by atoms with Gasteiger partial charge < -0.3 is 21.1 Å². The van der Waals surface area contributed by atoms with E-state index in [2.05, 4.69) is 5.32 Å². The molecule has 24 heavy (non-hydrogen) atoms. The molecule has 3 rings (SSSR count). The lowest BCUT2D eigenvalue weighted by molar-refractivity contribution is -0.159. The van der Waals surface area contributed by atoms with Gasteiger partial charge in [-0.15, -0.1) is 0 Å². The minimum absolute atomic E-state index is 0.0507. The number of hydrogen-bond donors (Lipinski definition) is 3. The lowest BCUT2D eigenvalue weighted by Gasteiger charge is -2.56. The summed E-state index contributed by atoms with van der Waals surface area (Å²) in [6.07, 6.45) is 0.463. The van der Waals surface area contributed by atoms with Crippen molar-refractivity contribution in [1.29, 1.82) is 0 Å². The number of carbonyl (C=O) groups excluding carboxylic acids is 1. The molecule has 7 heteroatoms. The third-order valence-corrected chi connectivity index (χ3v) is 6.00. The number of aliphatic hydroxyl groups excluding tert-OH is 1. The van der Waals surface area contributed by atoms with E-state index in [0.29, 0.717) is 6.54 Å². The summed E-state index contributed by atoms with van der Waals surface area (Å²) < 4.78 is 13.6. The number of aliphatic hydroxyl groups is 1. The maximum atomic E-state index is 13.6. The number of amides is 1. The number of hydrogen-bond acceptors (Lipinski definition) is 4. The Morgan fingerprint density at radius 2 is 2.21 bits per heavy atom. The van der Waals surface area contributed by atoms with E-state index in [1.807, 2.05) is 4.90 Å². The molecule has 0 spiro atoms. The number of anilines is 1. The van der Waals surface area contributed by atoms with Gasteiger partial charge in [0.2, 0.25) is 5.91 Å². The van der Waals surface area contributed by atoms with Crippen LogP contribution >= 0.6 is 11.6 Å². The molecule has 0 aromatic heterocycles. The summed E-state index contributed by atoms with van der Waals surface area (Å²) in [5.74, 6) is -0.681. The van der Waals surface area contributed by atoms with E-state index in [1.54, 1.807) is 19.9 Å². The van der Waals surface area contributed by atoms with Gasteiger partial charge in [-0.25, -0.2) is 4.39 Å². The summed E-state index contributed by atoms with van der Waals surface area (Å²) >= 11 is 5.71. The number of carbonyl (C=O) groups is 1. The Bertz CT molecular complexity index is 669. The van der Waals surface area contributed by atoms with Gasteiger partial charge >= 0.3 is 0 Å². The van der Waals surface area contributed by atoms with Crippen LogP contribution < -0.4 is 16.0 Å². The van der Waals surface area contributed by atoms with Crippen molar-refractivity contribution in [2.24, 2.45) is 11.1 Å². The Labute approximate surface area is 146 Å². The highest BCUT2D eigenvalue weighted by Crippen LogP contribution is 2.48. The molecule has 2 aliphatic rings. The third-order valence-electron chi connectivity index (χ3n) is 5.70. The highest BCUT2D eigenvalue weighted by molar-refractivity contribution is 6.30. The van der Waals surface area contributed by atoms with Gasteiger partial charge in [-0.3, -0.25) is 4.79 Å². The maximum Gasteiger partial charge on any atom is 0.241 e. The Morgan fingerprint density at radius 3 is 2.79 bits per heavy atom. The summed E-state index contributed by atoms with van der Waals surface area (Å²) in [5, 5.41) is 12.9. The smallest absolute Gasteiger partial charge is 0.241 e. The van der Waals surface area contributed by atoms with Crippen molar-refractivity contribution in [3.63, 3.8) is 0 Å². The molecule has 1 heterocycles. The van der Waals surface area contributed by atoms with Gasteiger partial charge in [0.05, 0.1) is 11.1 Å². The first-order valence-electron chi connectivity index (χ1n) is 8.13. The van der Waals surface area contributed by atoms with Gasteiger partial charge in [-0.2, -0.15) is 0 Å². The SMILES string of the molecule is CC1(C)[C@@H](O)C[C@]1(N)C(=O)NC1CCN(c2ccc(Cl)c(F)c2)C1. The number of nitrogens with two attached hydrogens (primary N) is 1. The highest BCUT2D eigenvalue weighted by atomic mass is 35.5. The van der Waals surface area contributed by atoms with E-state index in [0.717, 1.165) is 18.7 Å². The van der Waals surface area contributed by atoms with Crippen molar-refractivity contribution in [3.05, 3.63) is 29.0 Å². The van der Waals surface area contributed by atoms with Crippen molar-refractivity contribution in [1.82, 2.24) is 5.32 Å². The van der Waals surface area contributed by atoms with E-state index >= 15 is 0 Å². The molecule has 1 aromatic rings. The second-order valence-electron chi connectivity index (χ2n) is 7.42. The minimum atomic E-state index is -1.05. The van der Waals surface area contributed by atoms with Crippen LogP contribution in [0.1, 0.15) is 26.7 Å². The summed E-state index contributed by atoms with van der Waals surface area (Å²) in [6.45, 7) is 4.91.